The Balaban J connectivity index is 1.65. The lowest BCUT2D eigenvalue weighted by Gasteiger charge is -2.37. The molecule has 2 atom stereocenters. The van der Waals surface area contributed by atoms with Crippen LogP contribution in [0.1, 0.15) is 51.6 Å². The first-order chi connectivity index (χ1) is 16.0. The number of para-hydroxylation sites is 1. The summed E-state index contributed by atoms with van der Waals surface area (Å²) in [6.07, 6.45) is -4.53. The van der Waals surface area contributed by atoms with E-state index >= 15 is 0 Å². The van der Waals surface area contributed by atoms with Gasteiger partial charge in [0, 0.05) is 32.2 Å². The number of piperidine rings is 1. The van der Waals surface area contributed by atoms with Crippen molar-refractivity contribution in [2.24, 2.45) is 13.0 Å². The summed E-state index contributed by atoms with van der Waals surface area (Å²) in [5.41, 5.74) is 0.0190. The third kappa shape index (κ3) is 5.86. The molecule has 1 N–H and O–H groups in total. The van der Waals surface area contributed by atoms with Crippen LogP contribution in [0.4, 0.5) is 13.2 Å². The van der Waals surface area contributed by atoms with Crippen LogP contribution in [-0.4, -0.2) is 64.6 Å². The number of likely N-dealkylation sites (tertiary alicyclic amines) is 1. The molecular weight excluding hydrogens is 457 g/mol. The minimum Gasteiger partial charge on any atom is -0.461 e. The SMILES string of the molecule is CCOC(=O)c1cc(C(=O)N2CC[C@@H](NC(=O)c3ccccc3OC(F)(F)F)[C@@H](C)C2)n(C)n1. The molecule has 2 aromatic rings. The number of carbonyl (C=O) groups is 3. The fourth-order valence-electron chi connectivity index (χ4n) is 3.79. The van der Waals surface area contributed by atoms with Crippen molar-refractivity contribution in [3.8, 4) is 5.75 Å². The summed E-state index contributed by atoms with van der Waals surface area (Å²) in [5, 5.41) is 6.78. The molecule has 1 aliphatic rings. The van der Waals surface area contributed by atoms with E-state index < -0.39 is 24.0 Å². The van der Waals surface area contributed by atoms with Crippen LogP contribution in [0.2, 0.25) is 0 Å². The fourth-order valence-corrected chi connectivity index (χ4v) is 3.79. The average Bonchev–Trinajstić information content (AvgIpc) is 3.15. The highest BCUT2D eigenvalue weighted by molar-refractivity contribution is 5.97. The van der Waals surface area contributed by atoms with Crippen LogP contribution in [0.3, 0.4) is 0 Å². The number of aryl methyl sites for hydroxylation is 1. The molecule has 1 fully saturated rings. The van der Waals surface area contributed by atoms with Crippen molar-refractivity contribution in [2.45, 2.75) is 32.7 Å². The van der Waals surface area contributed by atoms with Crippen molar-refractivity contribution in [3.05, 3.63) is 47.3 Å². The van der Waals surface area contributed by atoms with Crippen LogP contribution in [-0.2, 0) is 11.8 Å². The summed E-state index contributed by atoms with van der Waals surface area (Å²) in [7, 11) is 1.55. The predicted molar refractivity (Wildman–Crippen MR) is 113 cm³/mol. The van der Waals surface area contributed by atoms with Crippen LogP contribution in [0, 0.1) is 5.92 Å². The van der Waals surface area contributed by atoms with Crippen molar-refractivity contribution in [3.63, 3.8) is 0 Å². The lowest BCUT2D eigenvalue weighted by Crippen LogP contribution is -2.51. The summed E-state index contributed by atoms with van der Waals surface area (Å²) < 4.78 is 48.1. The van der Waals surface area contributed by atoms with Crippen LogP contribution < -0.4 is 10.1 Å². The van der Waals surface area contributed by atoms with Crippen molar-refractivity contribution in [2.75, 3.05) is 19.7 Å². The van der Waals surface area contributed by atoms with Gasteiger partial charge in [0.15, 0.2) is 5.69 Å². The van der Waals surface area contributed by atoms with E-state index in [-0.39, 0.29) is 41.4 Å². The number of alkyl halides is 3. The van der Waals surface area contributed by atoms with Gasteiger partial charge < -0.3 is 19.7 Å². The molecule has 2 heterocycles. The summed E-state index contributed by atoms with van der Waals surface area (Å²) in [6, 6.07) is 6.13. The highest BCUT2D eigenvalue weighted by Crippen LogP contribution is 2.27. The Bertz CT molecular complexity index is 1070. The normalized spacial score (nSPS) is 18.4. The molecule has 0 bridgehead atoms. The number of benzene rings is 1. The Morgan fingerprint density at radius 2 is 1.94 bits per heavy atom. The van der Waals surface area contributed by atoms with E-state index in [1.165, 1.54) is 28.9 Å². The first-order valence-corrected chi connectivity index (χ1v) is 10.7. The Morgan fingerprint density at radius 3 is 2.59 bits per heavy atom. The fraction of sp³-hybridized carbons (Fsp3) is 0.455. The second-order valence-corrected chi connectivity index (χ2v) is 7.90. The second-order valence-electron chi connectivity index (χ2n) is 7.90. The maximum Gasteiger partial charge on any atom is 0.573 e. The minimum absolute atomic E-state index is 0.0302. The Morgan fingerprint density at radius 1 is 1.24 bits per heavy atom. The van der Waals surface area contributed by atoms with E-state index in [0.717, 1.165) is 6.07 Å². The minimum atomic E-state index is -4.92. The average molecular weight is 482 g/mol. The summed E-state index contributed by atoms with van der Waals surface area (Å²) in [6.45, 7) is 4.27. The zero-order valence-corrected chi connectivity index (χ0v) is 18.9. The molecule has 1 aromatic carbocycles. The van der Waals surface area contributed by atoms with Crippen molar-refractivity contribution in [1.29, 1.82) is 0 Å². The number of hydrogen-bond acceptors (Lipinski definition) is 6. The molecule has 184 valence electrons. The van der Waals surface area contributed by atoms with E-state index in [2.05, 4.69) is 15.2 Å². The smallest absolute Gasteiger partial charge is 0.461 e. The van der Waals surface area contributed by atoms with Gasteiger partial charge in [-0.3, -0.25) is 14.3 Å². The number of ether oxygens (including phenoxy) is 2. The van der Waals surface area contributed by atoms with Gasteiger partial charge in [-0.2, -0.15) is 5.10 Å². The quantitative estimate of drug-likeness (QED) is 0.636. The molecule has 1 aromatic heterocycles. The lowest BCUT2D eigenvalue weighted by atomic mass is 9.93. The number of aromatic nitrogens is 2. The molecule has 1 saturated heterocycles. The van der Waals surface area contributed by atoms with E-state index in [1.54, 1.807) is 18.9 Å². The van der Waals surface area contributed by atoms with Crippen molar-refractivity contribution >= 4 is 17.8 Å². The summed E-state index contributed by atoms with van der Waals surface area (Å²) in [5.74, 6) is -2.41. The van der Waals surface area contributed by atoms with Gasteiger partial charge in [-0.05, 0) is 31.4 Å². The van der Waals surface area contributed by atoms with Gasteiger partial charge in [0.1, 0.15) is 11.4 Å². The third-order valence-corrected chi connectivity index (χ3v) is 5.45. The number of carbonyl (C=O) groups excluding carboxylic acids is 3. The van der Waals surface area contributed by atoms with Crippen LogP contribution in [0.5, 0.6) is 5.75 Å². The zero-order valence-electron chi connectivity index (χ0n) is 18.9. The highest BCUT2D eigenvalue weighted by atomic mass is 19.4. The Hall–Kier alpha value is -3.57. The molecule has 0 aliphatic carbocycles. The lowest BCUT2D eigenvalue weighted by molar-refractivity contribution is -0.274. The molecule has 0 radical (unpaired) electrons. The molecule has 2 amide bonds. The van der Waals surface area contributed by atoms with Crippen LogP contribution >= 0.6 is 0 Å². The number of rotatable bonds is 6. The van der Waals surface area contributed by atoms with Gasteiger partial charge in [0.25, 0.3) is 11.8 Å². The number of amides is 2. The number of esters is 1. The summed E-state index contributed by atoms with van der Waals surface area (Å²) in [4.78, 5) is 39.1. The van der Waals surface area contributed by atoms with Crippen LogP contribution in [0.15, 0.2) is 30.3 Å². The van der Waals surface area contributed by atoms with Gasteiger partial charge in [0.2, 0.25) is 0 Å². The van der Waals surface area contributed by atoms with Gasteiger partial charge in [-0.15, -0.1) is 13.2 Å². The number of halogens is 3. The van der Waals surface area contributed by atoms with Crippen molar-refractivity contribution < 1.29 is 37.0 Å². The highest BCUT2D eigenvalue weighted by Gasteiger charge is 2.35. The van der Waals surface area contributed by atoms with Gasteiger partial charge in [0.05, 0.1) is 12.2 Å². The molecular formula is C22H25F3N4O5. The van der Waals surface area contributed by atoms with E-state index in [1.807, 2.05) is 6.92 Å². The molecule has 3 rings (SSSR count). The monoisotopic (exact) mass is 482 g/mol. The van der Waals surface area contributed by atoms with Gasteiger partial charge in [-0.25, -0.2) is 4.79 Å². The number of nitrogens with one attached hydrogen (secondary N) is 1. The third-order valence-electron chi connectivity index (χ3n) is 5.45. The van der Waals surface area contributed by atoms with Gasteiger partial charge >= 0.3 is 12.3 Å². The van der Waals surface area contributed by atoms with Crippen LogP contribution in [0.25, 0.3) is 0 Å². The largest absolute Gasteiger partial charge is 0.573 e. The van der Waals surface area contributed by atoms with E-state index in [4.69, 9.17) is 4.74 Å². The molecule has 12 heteroatoms. The molecule has 1 aliphatic heterocycles. The molecule has 0 saturated carbocycles. The molecule has 9 nitrogen and oxygen atoms in total. The molecule has 0 spiro atoms. The van der Waals surface area contributed by atoms with Gasteiger partial charge in [-0.1, -0.05) is 19.1 Å². The first kappa shape index (κ1) is 25.1. The Kier molecular flexibility index (Phi) is 7.48. The maximum atomic E-state index is 13.0. The van der Waals surface area contributed by atoms with E-state index in [0.29, 0.717) is 19.5 Å². The maximum absolute atomic E-state index is 13.0. The molecule has 34 heavy (non-hydrogen) atoms. The molecule has 0 unspecified atom stereocenters. The summed E-state index contributed by atoms with van der Waals surface area (Å²) >= 11 is 0. The van der Waals surface area contributed by atoms with E-state index in [9.17, 15) is 27.6 Å². The number of hydrogen-bond donors (Lipinski definition) is 1. The first-order valence-electron chi connectivity index (χ1n) is 10.7. The zero-order chi connectivity index (χ0) is 25.0. The van der Waals surface area contributed by atoms with Crippen molar-refractivity contribution in [1.82, 2.24) is 20.0 Å². The second kappa shape index (κ2) is 10.1. The predicted octanol–water partition coefficient (Wildman–Crippen LogP) is 2.78. The standard InChI is InChI=1S/C22H25F3N4O5/c1-4-33-21(32)16-11-17(28(3)27-16)20(31)29-10-9-15(13(2)12-29)26-19(30)14-7-5-6-8-18(14)34-22(23,24)25/h5-8,11,13,15H,4,9-10,12H2,1-3H3,(H,26,30)/t13-,15+/m0/s1. The Labute approximate surface area is 193 Å². The number of nitrogens with zero attached hydrogens (tertiary/aromatic N) is 3. The topological polar surface area (TPSA) is 103 Å².